The van der Waals surface area contributed by atoms with Crippen LogP contribution in [0.1, 0.15) is 23.2 Å². The van der Waals surface area contributed by atoms with Crippen molar-refractivity contribution in [3.05, 3.63) is 23.8 Å². The predicted octanol–water partition coefficient (Wildman–Crippen LogP) is 0.573. The summed E-state index contributed by atoms with van der Waals surface area (Å²) < 4.78 is 0. The molecule has 108 valence electrons. The molecular weight excluding hydrogens is 258 g/mol. The van der Waals surface area contributed by atoms with E-state index in [4.69, 9.17) is 5.73 Å². The van der Waals surface area contributed by atoms with Crippen LogP contribution in [0.15, 0.2) is 18.2 Å². The summed E-state index contributed by atoms with van der Waals surface area (Å²) in [6.07, 6.45) is 1.58. The Balaban J connectivity index is 2.12. The molecule has 2 amide bonds. The van der Waals surface area contributed by atoms with Crippen LogP contribution in [0.2, 0.25) is 0 Å². The highest BCUT2D eigenvalue weighted by atomic mass is 16.3. The Kier molecular flexibility index (Phi) is 4.12. The molecule has 0 radical (unpaired) electrons. The quantitative estimate of drug-likeness (QED) is 0.544. The number of phenolic OH excluding ortho intramolecular Hbond substituents is 1. The van der Waals surface area contributed by atoms with E-state index >= 15 is 0 Å². The summed E-state index contributed by atoms with van der Waals surface area (Å²) in [6, 6.07) is 4.45. The molecule has 0 aliphatic carbocycles. The van der Waals surface area contributed by atoms with Gasteiger partial charge < -0.3 is 21.1 Å². The first-order chi connectivity index (χ1) is 9.52. The molecule has 0 bridgehead atoms. The summed E-state index contributed by atoms with van der Waals surface area (Å²) in [7, 11) is 1.60. The first-order valence-electron chi connectivity index (χ1n) is 6.62. The number of benzene rings is 1. The minimum absolute atomic E-state index is 0.0392. The van der Waals surface area contributed by atoms with Gasteiger partial charge in [0.2, 0.25) is 5.91 Å². The van der Waals surface area contributed by atoms with Gasteiger partial charge in [0.25, 0.3) is 5.91 Å². The van der Waals surface area contributed by atoms with Crippen molar-refractivity contribution in [1.29, 1.82) is 0 Å². The van der Waals surface area contributed by atoms with Gasteiger partial charge in [0.05, 0.1) is 11.6 Å². The van der Waals surface area contributed by atoms with E-state index in [-0.39, 0.29) is 29.2 Å². The second kappa shape index (κ2) is 5.81. The molecule has 1 fully saturated rings. The van der Waals surface area contributed by atoms with E-state index in [0.29, 0.717) is 18.7 Å². The highest BCUT2D eigenvalue weighted by molar-refractivity contribution is 5.95. The maximum atomic E-state index is 12.4. The van der Waals surface area contributed by atoms with Crippen molar-refractivity contribution in [3.8, 4) is 5.75 Å². The number of amides is 2. The van der Waals surface area contributed by atoms with Crippen molar-refractivity contribution in [3.63, 3.8) is 0 Å². The van der Waals surface area contributed by atoms with Gasteiger partial charge in [-0.2, -0.15) is 0 Å². The zero-order valence-corrected chi connectivity index (χ0v) is 11.4. The number of rotatable bonds is 2. The third kappa shape index (κ3) is 2.84. The summed E-state index contributed by atoms with van der Waals surface area (Å²) in [5, 5.41) is 12.2. The third-order valence-electron chi connectivity index (χ3n) is 3.60. The van der Waals surface area contributed by atoms with Crippen LogP contribution in [-0.4, -0.2) is 42.0 Å². The Morgan fingerprint density at radius 3 is 2.85 bits per heavy atom. The molecule has 0 spiro atoms. The van der Waals surface area contributed by atoms with Crippen molar-refractivity contribution in [2.75, 3.05) is 25.9 Å². The molecule has 6 nitrogen and oxygen atoms in total. The van der Waals surface area contributed by atoms with Crippen LogP contribution in [0.5, 0.6) is 5.75 Å². The molecule has 1 aliphatic rings. The number of anilines is 1. The van der Waals surface area contributed by atoms with E-state index < -0.39 is 0 Å². The molecule has 1 aromatic carbocycles. The molecule has 1 aliphatic heterocycles. The van der Waals surface area contributed by atoms with Gasteiger partial charge in [0, 0.05) is 25.7 Å². The number of nitrogen functional groups attached to an aromatic ring is 1. The van der Waals surface area contributed by atoms with Crippen LogP contribution >= 0.6 is 0 Å². The van der Waals surface area contributed by atoms with Crippen LogP contribution in [0.25, 0.3) is 0 Å². The Labute approximate surface area is 117 Å². The van der Waals surface area contributed by atoms with Crippen LogP contribution in [0.3, 0.4) is 0 Å². The van der Waals surface area contributed by atoms with Crippen LogP contribution < -0.4 is 11.1 Å². The van der Waals surface area contributed by atoms with Gasteiger partial charge in [-0.3, -0.25) is 9.59 Å². The largest absolute Gasteiger partial charge is 0.506 e. The van der Waals surface area contributed by atoms with Crippen molar-refractivity contribution < 1.29 is 14.7 Å². The maximum Gasteiger partial charge on any atom is 0.254 e. The summed E-state index contributed by atoms with van der Waals surface area (Å²) in [6.45, 7) is 1.03. The van der Waals surface area contributed by atoms with Crippen LogP contribution in [0, 0.1) is 5.92 Å². The highest BCUT2D eigenvalue weighted by Crippen LogP contribution is 2.23. The second-order valence-corrected chi connectivity index (χ2v) is 4.98. The standard InChI is InChI=1S/C14H19N3O3/c1-16-13(19)10-3-2-6-17(8-10)14(20)9-4-5-11(15)12(18)7-9/h4-5,7,10,18H,2-3,6,8,15H2,1H3,(H,16,19). The topological polar surface area (TPSA) is 95.7 Å². The van der Waals surface area contributed by atoms with Crippen molar-refractivity contribution in [2.24, 2.45) is 5.92 Å². The number of likely N-dealkylation sites (tertiary alicyclic amines) is 1. The van der Waals surface area contributed by atoms with Gasteiger partial charge in [-0.1, -0.05) is 0 Å². The minimum atomic E-state index is -0.186. The van der Waals surface area contributed by atoms with Gasteiger partial charge in [-0.15, -0.1) is 0 Å². The third-order valence-corrected chi connectivity index (χ3v) is 3.60. The maximum absolute atomic E-state index is 12.4. The monoisotopic (exact) mass is 277 g/mol. The van der Waals surface area contributed by atoms with Gasteiger partial charge in [-0.25, -0.2) is 0 Å². The molecule has 6 heteroatoms. The van der Waals surface area contributed by atoms with E-state index in [1.807, 2.05) is 0 Å². The number of piperidine rings is 1. The lowest BCUT2D eigenvalue weighted by atomic mass is 9.96. The fourth-order valence-electron chi connectivity index (χ4n) is 2.44. The number of nitrogens with zero attached hydrogens (tertiary/aromatic N) is 1. The van der Waals surface area contributed by atoms with Crippen molar-refractivity contribution >= 4 is 17.5 Å². The minimum Gasteiger partial charge on any atom is -0.506 e. The fraction of sp³-hybridized carbons (Fsp3) is 0.429. The summed E-state index contributed by atoms with van der Waals surface area (Å²) >= 11 is 0. The van der Waals surface area contributed by atoms with E-state index in [9.17, 15) is 14.7 Å². The van der Waals surface area contributed by atoms with Gasteiger partial charge in [0.1, 0.15) is 5.75 Å². The highest BCUT2D eigenvalue weighted by Gasteiger charge is 2.28. The Bertz CT molecular complexity index is 530. The normalized spacial score (nSPS) is 18.6. The fourth-order valence-corrected chi connectivity index (χ4v) is 2.44. The average molecular weight is 277 g/mol. The Morgan fingerprint density at radius 1 is 1.45 bits per heavy atom. The second-order valence-electron chi connectivity index (χ2n) is 4.98. The SMILES string of the molecule is CNC(=O)C1CCCN(C(=O)c2ccc(N)c(O)c2)C1. The molecule has 2 rings (SSSR count). The number of hydrogen-bond donors (Lipinski definition) is 3. The first-order valence-corrected chi connectivity index (χ1v) is 6.62. The zero-order valence-electron chi connectivity index (χ0n) is 11.4. The Morgan fingerprint density at radius 2 is 2.20 bits per heavy atom. The lowest BCUT2D eigenvalue weighted by Gasteiger charge is -2.31. The molecule has 4 N–H and O–H groups in total. The predicted molar refractivity (Wildman–Crippen MR) is 75.2 cm³/mol. The number of phenols is 1. The smallest absolute Gasteiger partial charge is 0.254 e. The molecule has 20 heavy (non-hydrogen) atoms. The summed E-state index contributed by atoms with van der Waals surface area (Å²) in [5.41, 5.74) is 6.14. The van der Waals surface area contributed by atoms with Crippen LogP contribution in [-0.2, 0) is 4.79 Å². The molecule has 1 unspecified atom stereocenters. The lowest BCUT2D eigenvalue weighted by Crippen LogP contribution is -2.44. The van der Waals surface area contributed by atoms with Crippen molar-refractivity contribution in [1.82, 2.24) is 10.2 Å². The van der Waals surface area contributed by atoms with Gasteiger partial charge >= 0.3 is 0 Å². The molecule has 1 atom stereocenters. The lowest BCUT2D eigenvalue weighted by molar-refractivity contribution is -0.125. The number of aromatic hydroxyl groups is 1. The van der Waals surface area contributed by atoms with E-state index in [1.54, 1.807) is 18.0 Å². The summed E-state index contributed by atoms with van der Waals surface area (Å²) in [4.78, 5) is 25.7. The van der Waals surface area contributed by atoms with Gasteiger partial charge in [-0.05, 0) is 31.0 Å². The van der Waals surface area contributed by atoms with E-state index in [0.717, 1.165) is 12.8 Å². The summed E-state index contributed by atoms with van der Waals surface area (Å²) in [5.74, 6) is -0.493. The zero-order chi connectivity index (χ0) is 14.7. The van der Waals surface area contributed by atoms with Gasteiger partial charge in [0.15, 0.2) is 0 Å². The molecule has 1 heterocycles. The van der Waals surface area contributed by atoms with Crippen LogP contribution in [0.4, 0.5) is 5.69 Å². The first kappa shape index (κ1) is 14.2. The number of carbonyl (C=O) groups excluding carboxylic acids is 2. The number of carbonyl (C=O) groups is 2. The van der Waals surface area contributed by atoms with E-state index in [1.165, 1.54) is 12.1 Å². The molecule has 1 aromatic rings. The number of hydrogen-bond acceptors (Lipinski definition) is 4. The molecule has 0 saturated carbocycles. The number of nitrogens with one attached hydrogen (secondary N) is 1. The number of nitrogens with two attached hydrogens (primary N) is 1. The molecule has 0 aromatic heterocycles. The average Bonchev–Trinajstić information content (AvgIpc) is 2.48. The van der Waals surface area contributed by atoms with E-state index in [2.05, 4.69) is 5.32 Å². The van der Waals surface area contributed by atoms with Crippen molar-refractivity contribution in [2.45, 2.75) is 12.8 Å². The Hall–Kier alpha value is -2.24. The molecular formula is C14H19N3O3. The molecule has 1 saturated heterocycles.